The molecule has 1 unspecified atom stereocenters. The van der Waals surface area contributed by atoms with E-state index in [1.54, 1.807) is 12.1 Å². The molecule has 106 valence electrons. The fraction of sp³-hybridized carbons (Fsp3) is 0.500. The van der Waals surface area contributed by atoms with Gasteiger partial charge in [0.2, 0.25) is 0 Å². The molecule has 0 fully saturated rings. The minimum atomic E-state index is -0.270. The Balaban J connectivity index is 2.83. The van der Waals surface area contributed by atoms with Gasteiger partial charge < -0.3 is 10.1 Å². The zero-order chi connectivity index (χ0) is 14.3. The summed E-state index contributed by atoms with van der Waals surface area (Å²) in [6.45, 7) is 9.85. The molecule has 0 aromatic heterocycles. The maximum absolute atomic E-state index is 14.1. The Morgan fingerprint density at radius 2 is 2.21 bits per heavy atom. The van der Waals surface area contributed by atoms with Crippen LogP contribution in [-0.2, 0) is 6.42 Å². The van der Waals surface area contributed by atoms with Crippen LogP contribution in [-0.4, -0.2) is 20.2 Å². The molecule has 0 radical (unpaired) electrons. The molecule has 1 atom stereocenters. The second kappa shape index (κ2) is 7.29. The number of halogens is 1. The lowest BCUT2D eigenvalue weighted by atomic mass is 9.83. The average Bonchev–Trinajstić information content (AvgIpc) is 2.41. The molecular weight excluding hydrogens is 241 g/mol. The number of rotatable bonds is 8. The Labute approximate surface area is 115 Å². The summed E-state index contributed by atoms with van der Waals surface area (Å²) in [6, 6.07) is 5.26. The summed E-state index contributed by atoms with van der Waals surface area (Å²) in [6.07, 6.45) is 3.59. The van der Waals surface area contributed by atoms with Crippen LogP contribution in [0.15, 0.2) is 30.9 Å². The van der Waals surface area contributed by atoms with Crippen LogP contribution in [0.5, 0.6) is 5.75 Å². The monoisotopic (exact) mass is 265 g/mol. The van der Waals surface area contributed by atoms with Gasteiger partial charge in [-0.2, -0.15) is 0 Å². The molecule has 0 aliphatic carbocycles. The van der Waals surface area contributed by atoms with E-state index in [-0.39, 0.29) is 11.2 Å². The number of nitrogens with one attached hydrogen (secondary N) is 1. The number of hydrogen-bond donors (Lipinski definition) is 1. The number of benzene rings is 1. The molecule has 0 spiro atoms. The van der Waals surface area contributed by atoms with E-state index in [4.69, 9.17) is 4.74 Å². The Hall–Kier alpha value is -1.35. The Morgan fingerprint density at radius 1 is 1.47 bits per heavy atom. The summed E-state index contributed by atoms with van der Waals surface area (Å²) in [7, 11) is 1.48. The Bertz CT molecular complexity index is 419. The van der Waals surface area contributed by atoms with Crippen LogP contribution >= 0.6 is 0 Å². The van der Waals surface area contributed by atoms with Crippen LogP contribution in [0.2, 0.25) is 0 Å². The molecule has 0 amide bonds. The maximum atomic E-state index is 14.1. The topological polar surface area (TPSA) is 21.3 Å². The van der Waals surface area contributed by atoms with E-state index >= 15 is 0 Å². The molecule has 1 aromatic rings. The van der Waals surface area contributed by atoms with Gasteiger partial charge in [-0.15, -0.1) is 6.58 Å². The number of hydrogen-bond acceptors (Lipinski definition) is 2. The van der Waals surface area contributed by atoms with Crippen molar-refractivity contribution in [2.75, 3.05) is 20.2 Å². The number of methoxy groups -OCH3 is 1. The summed E-state index contributed by atoms with van der Waals surface area (Å²) in [5.74, 6) is 0.0268. The van der Waals surface area contributed by atoms with Gasteiger partial charge in [-0.25, -0.2) is 4.39 Å². The van der Waals surface area contributed by atoms with Crippen LogP contribution in [0.4, 0.5) is 4.39 Å². The summed E-state index contributed by atoms with van der Waals surface area (Å²) in [4.78, 5) is 0. The summed E-state index contributed by atoms with van der Waals surface area (Å²) in [5.41, 5.74) is 0.502. The van der Waals surface area contributed by atoms with Gasteiger partial charge in [0.15, 0.2) is 11.6 Å². The minimum absolute atomic E-state index is 0.164. The fourth-order valence-electron chi connectivity index (χ4n) is 2.04. The van der Waals surface area contributed by atoms with E-state index in [1.807, 2.05) is 12.1 Å². The third kappa shape index (κ3) is 4.35. The first-order valence-corrected chi connectivity index (χ1v) is 6.72. The van der Waals surface area contributed by atoms with Gasteiger partial charge in [-0.3, -0.25) is 0 Å². The second-order valence-corrected chi connectivity index (χ2v) is 5.15. The van der Waals surface area contributed by atoms with E-state index in [9.17, 15) is 4.39 Å². The van der Waals surface area contributed by atoms with Crippen molar-refractivity contribution in [1.82, 2.24) is 5.32 Å². The molecule has 0 saturated heterocycles. The molecule has 3 heteroatoms. The van der Waals surface area contributed by atoms with Crippen molar-refractivity contribution in [3.05, 3.63) is 42.2 Å². The Morgan fingerprint density at radius 3 is 2.79 bits per heavy atom. The molecule has 0 saturated carbocycles. The first-order chi connectivity index (χ1) is 9.06. The van der Waals surface area contributed by atoms with E-state index < -0.39 is 0 Å². The first-order valence-electron chi connectivity index (χ1n) is 6.72. The molecule has 1 aromatic carbocycles. The summed E-state index contributed by atoms with van der Waals surface area (Å²) < 4.78 is 19.2. The molecule has 0 heterocycles. The molecule has 1 N–H and O–H groups in total. The highest BCUT2D eigenvalue weighted by Gasteiger charge is 2.23. The smallest absolute Gasteiger partial charge is 0.168 e. The fourth-order valence-corrected chi connectivity index (χ4v) is 2.04. The van der Waals surface area contributed by atoms with E-state index in [2.05, 4.69) is 25.7 Å². The third-order valence-corrected chi connectivity index (χ3v) is 3.31. The van der Waals surface area contributed by atoms with Crippen LogP contribution in [0, 0.1) is 11.2 Å². The highest BCUT2D eigenvalue weighted by atomic mass is 19.1. The second-order valence-electron chi connectivity index (χ2n) is 5.15. The molecular formula is C16H24FNO. The lowest BCUT2D eigenvalue weighted by Gasteiger charge is -2.26. The molecule has 2 nitrogen and oxygen atoms in total. The summed E-state index contributed by atoms with van der Waals surface area (Å²) >= 11 is 0. The quantitative estimate of drug-likeness (QED) is 0.573. The van der Waals surface area contributed by atoms with Crippen LogP contribution in [0.3, 0.4) is 0 Å². The van der Waals surface area contributed by atoms with Crippen molar-refractivity contribution < 1.29 is 9.13 Å². The van der Waals surface area contributed by atoms with E-state index in [0.717, 1.165) is 19.5 Å². The van der Waals surface area contributed by atoms with Gasteiger partial charge in [0.25, 0.3) is 0 Å². The van der Waals surface area contributed by atoms with Gasteiger partial charge >= 0.3 is 0 Å². The van der Waals surface area contributed by atoms with Crippen molar-refractivity contribution in [1.29, 1.82) is 0 Å². The Kier molecular flexibility index (Phi) is 6.03. The zero-order valence-electron chi connectivity index (χ0n) is 12.1. The lowest BCUT2D eigenvalue weighted by molar-refractivity contribution is 0.365. The largest absolute Gasteiger partial charge is 0.494 e. The van der Waals surface area contributed by atoms with Crippen LogP contribution in [0.1, 0.15) is 25.8 Å². The van der Waals surface area contributed by atoms with Crippen LogP contribution < -0.4 is 10.1 Å². The summed E-state index contributed by atoms with van der Waals surface area (Å²) in [5, 5.41) is 3.37. The number of ether oxygens (including phenoxy) is 1. The van der Waals surface area contributed by atoms with Crippen molar-refractivity contribution in [2.45, 2.75) is 26.7 Å². The predicted octanol–water partition coefficient (Wildman–Crippen LogP) is 3.57. The van der Waals surface area contributed by atoms with Gasteiger partial charge in [0.1, 0.15) is 0 Å². The minimum Gasteiger partial charge on any atom is -0.494 e. The average molecular weight is 265 g/mol. The zero-order valence-corrected chi connectivity index (χ0v) is 12.1. The van der Waals surface area contributed by atoms with Crippen molar-refractivity contribution >= 4 is 0 Å². The van der Waals surface area contributed by atoms with Crippen molar-refractivity contribution in [2.24, 2.45) is 5.41 Å². The highest BCUT2D eigenvalue weighted by Crippen LogP contribution is 2.28. The van der Waals surface area contributed by atoms with Gasteiger partial charge in [0, 0.05) is 12.0 Å². The first kappa shape index (κ1) is 15.7. The van der Waals surface area contributed by atoms with Gasteiger partial charge in [-0.1, -0.05) is 32.1 Å². The van der Waals surface area contributed by atoms with Crippen LogP contribution in [0.25, 0.3) is 0 Å². The molecule has 0 aliphatic heterocycles. The van der Waals surface area contributed by atoms with E-state index in [0.29, 0.717) is 17.7 Å². The van der Waals surface area contributed by atoms with Gasteiger partial charge in [0.05, 0.1) is 7.11 Å². The molecule has 0 bridgehead atoms. The SMILES string of the molecule is C=CC(C)(CNCCC)Cc1cccc(OC)c1F. The van der Waals surface area contributed by atoms with E-state index in [1.165, 1.54) is 7.11 Å². The molecule has 19 heavy (non-hydrogen) atoms. The highest BCUT2D eigenvalue weighted by molar-refractivity contribution is 5.32. The van der Waals surface area contributed by atoms with Crippen molar-refractivity contribution in [3.63, 3.8) is 0 Å². The lowest BCUT2D eigenvalue weighted by Crippen LogP contribution is -2.32. The maximum Gasteiger partial charge on any atom is 0.168 e. The van der Waals surface area contributed by atoms with Crippen molar-refractivity contribution in [3.8, 4) is 5.75 Å². The normalized spacial score (nSPS) is 13.9. The molecule has 0 aliphatic rings. The van der Waals surface area contributed by atoms with Gasteiger partial charge in [-0.05, 0) is 31.0 Å². The standard InChI is InChI=1S/C16H24FNO/c1-5-10-18-12-16(3,6-2)11-13-8-7-9-14(19-4)15(13)17/h6-9,18H,2,5,10-12H2,1,3-4H3. The predicted molar refractivity (Wildman–Crippen MR) is 78.1 cm³/mol. The third-order valence-electron chi connectivity index (χ3n) is 3.31. The molecule has 1 rings (SSSR count).